The van der Waals surface area contributed by atoms with Gasteiger partial charge in [0.05, 0.1) is 26.4 Å². The Morgan fingerprint density at radius 3 is 1.80 bits per heavy atom. The number of hydrogen-bond donors (Lipinski definition) is 1. The summed E-state index contributed by atoms with van der Waals surface area (Å²) in [5.74, 6) is 0. The lowest BCUT2D eigenvalue weighted by molar-refractivity contribution is -0.0297. The van der Waals surface area contributed by atoms with Crippen LogP contribution in [0.15, 0.2) is 115 Å². The molecule has 3 aromatic carbocycles. The molecule has 1 N–H and O–H groups in total. The van der Waals surface area contributed by atoms with Crippen LogP contribution in [-0.4, -0.2) is 19.3 Å². The third-order valence-corrected chi connectivity index (χ3v) is 6.65. The molecule has 3 nitrogen and oxygen atoms in total. The summed E-state index contributed by atoms with van der Waals surface area (Å²) in [5.41, 5.74) is 5.07. The predicted molar refractivity (Wildman–Crippen MR) is 144 cm³/mol. The largest absolute Gasteiger partial charge is 0.376 e. The van der Waals surface area contributed by atoms with Crippen molar-refractivity contribution in [2.45, 2.75) is 45.1 Å². The molecule has 1 fully saturated rings. The molecule has 35 heavy (non-hydrogen) atoms. The maximum absolute atomic E-state index is 6.32. The van der Waals surface area contributed by atoms with Crippen LogP contribution < -0.4 is 5.32 Å². The van der Waals surface area contributed by atoms with Crippen LogP contribution in [0.1, 0.15) is 36.0 Å². The quantitative estimate of drug-likeness (QED) is 0.279. The lowest BCUT2D eigenvalue weighted by Gasteiger charge is -2.29. The van der Waals surface area contributed by atoms with E-state index in [1.54, 1.807) is 0 Å². The van der Waals surface area contributed by atoms with Gasteiger partial charge in [-0.2, -0.15) is 0 Å². The lowest BCUT2D eigenvalue weighted by atomic mass is 9.87. The average molecular weight is 468 g/mol. The van der Waals surface area contributed by atoms with Crippen molar-refractivity contribution in [3.63, 3.8) is 0 Å². The highest BCUT2D eigenvalue weighted by molar-refractivity contribution is 5.24. The average Bonchev–Trinajstić information content (AvgIpc) is 3.25. The van der Waals surface area contributed by atoms with Gasteiger partial charge in [-0.05, 0) is 36.0 Å². The minimum Gasteiger partial charge on any atom is -0.376 e. The lowest BCUT2D eigenvalue weighted by Crippen LogP contribution is -2.33. The van der Waals surface area contributed by atoms with Crippen LogP contribution >= 0.6 is 0 Å². The first-order valence-electron chi connectivity index (χ1n) is 12.6. The van der Waals surface area contributed by atoms with Crippen molar-refractivity contribution in [1.29, 1.82) is 0 Å². The number of nitrogens with one attached hydrogen (secondary N) is 1. The molecule has 0 heterocycles. The minimum atomic E-state index is -0.0646. The molecule has 0 aromatic heterocycles. The van der Waals surface area contributed by atoms with E-state index in [0.29, 0.717) is 32.5 Å². The summed E-state index contributed by atoms with van der Waals surface area (Å²) in [4.78, 5) is 0. The van der Waals surface area contributed by atoms with Gasteiger partial charge in [0.25, 0.3) is 0 Å². The first kappa shape index (κ1) is 25.1. The van der Waals surface area contributed by atoms with E-state index in [-0.39, 0.29) is 5.41 Å². The van der Waals surface area contributed by atoms with Crippen molar-refractivity contribution < 1.29 is 9.47 Å². The van der Waals surface area contributed by atoms with Crippen LogP contribution in [0.25, 0.3) is 0 Å². The van der Waals surface area contributed by atoms with Crippen molar-refractivity contribution in [2.24, 2.45) is 5.41 Å². The van der Waals surface area contributed by atoms with Crippen molar-refractivity contribution in [1.82, 2.24) is 5.32 Å². The van der Waals surface area contributed by atoms with Gasteiger partial charge in [0, 0.05) is 18.0 Å². The highest BCUT2D eigenvalue weighted by Crippen LogP contribution is 2.43. The Kier molecular flexibility index (Phi) is 9.47. The number of benzene rings is 3. The van der Waals surface area contributed by atoms with Gasteiger partial charge in [0.2, 0.25) is 0 Å². The summed E-state index contributed by atoms with van der Waals surface area (Å²) in [7, 11) is 0. The van der Waals surface area contributed by atoms with E-state index in [2.05, 4.69) is 96.8 Å². The molecule has 0 spiro atoms. The van der Waals surface area contributed by atoms with E-state index in [4.69, 9.17) is 9.47 Å². The molecule has 1 unspecified atom stereocenters. The molecule has 1 saturated carbocycles. The van der Waals surface area contributed by atoms with Crippen molar-refractivity contribution in [2.75, 3.05) is 13.2 Å². The second-order valence-corrected chi connectivity index (χ2v) is 9.56. The van der Waals surface area contributed by atoms with Crippen LogP contribution in [0.5, 0.6) is 0 Å². The van der Waals surface area contributed by atoms with Crippen LogP contribution in [-0.2, 0) is 29.2 Å². The van der Waals surface area contributed by atoms with E-state index in [9.17, 15) is 0 Å². The number of hydrogen-bond acceptors (Lipinski definition) is 3. The van der Waals surface area contributed by atoms with Gasteiger partial charge < -0.3 is 14.8 Å². The molecule has 1 aliphatic rings. The molecule has 0 bridgehead atoms. The van der Waals surface area contributed by atoms with Crippen molar-refractivity contribution >= 4 is 0 Å². The van der Waals surface area contributed by atoms with Gasteiger partial charge in [-0.1, -0.05) is 109 Å². The van der Waals surface area contributed by atoms with Gasteiger partial charge in [0.1, 0.15) is 0 Å². The highest BCUT2D eigenvalue weighted by Gasteiger charge is 2.42. The molecule has 0 saturated heterocycles. The van der Waals surface area contributed by atoms with E-state index >= 15 is 0 Å². The van der Waals surface area contributed by atoms with Gasteiger partial charge >= 0.3 is 0 Å². The predicted octanol–water partition coefficient (Wildman–Crippen LogP) is 6.86. The number of allylic oxidation sites excluding steroid dienone is 2. The fourth-order valence-electron chi connectivity index (χ4n) is 4.86. The molecule has 0 radical (unpaired) electrons. The first-order chi connectivity index (χ1) is 17.3. The van der Waals surface area contributed by atoms with Gasteiger partial charge in [0.15, 0.2) is 0 Å². The molecular weight excluding hydrogens is 430 g/mol. The Labute approximate surface area is 210 Å². The first-order valence-corrected chi connectivity index (χ1v) is 12.6. The maximum atomic E-state index is 6.32. The van der Waals surface area contributed by atoms with Gasteiger partial charge in [-0.25, -0.2) is 0 Å². The monoisotopic (exact) mass is 467 g/mol. The van der Waals surface area contributed by atoms with E-state index in [0.717, 1.165) is 25.8 Å². The number of ether oxygens (including phenoxy) is 2. The summed E-state index contributed by atoms with van der Waals surface area (Å²) in [6.45, 7) is 7.36. The molecule has 182 valence electrons. The molecule has 1 aliphatic carbocycles. The van der Waals surface area contributed by atoms with Crippen molar-refractivity contribution in [3.8, 4) is 0 Å². The van der Waals surface area contributed by atoms with E-state index in [1.165, 1.54) is 22.3 Å². The highest BCUT2D eigenvalue weighted by atomic mass is 16.5. The fourth-order valence-corrected chi connectivity index (χ4v) is 4.86. The Morgan fingerprint density at radius 2 is 1.29 bits per heavy atom. The summed E-state index contributed by atoms with van der Waals surface area (Å²) in [6, 6.07) is 31.7. The SMILES string of the molecule is C=CC/C=C1\CC(COCc2ccccc2)(COCc2ccccc2)CC1NCc1ccccc1. The Morgan fingerprint density at radius 1 is 0.771 bits per heavy atom. The molecule has 0 amide bonds. The summed E-state index contributed by atoms with van der Waals surface area (Å²) < 4.78 is 12.6. The van der Waals surface area contributed by atoms with Crippen LogP contribution in [0.3, 0.4) is 0 Å². The van der Waals surface area contributed by atoms with Gasteiger partial charge in [-0.3, -0.25) is 0 Å². The Balaban J connectivity index is 1.45. The van der Waals surface area contributed by atoms with Crippen LogP contribution in [0, 0.1) is 5.41 Å². The Hall–Kier alpha value is -2.98. The molecule has 1 atom stereocenters. The molecule has 4 rings (SSSR count). The summed E-state index contributed by atoms with van der Waals surface area (Å²) in [6.07, 6.45) is 7.15. The molecular formula is C32H37NO2. The smallest absolute Gasteiger partial charge is 0.0717 e. The zero-order valence-corrected chi connectivity index (χ0v) is 20.6. The van der Waals surface area contributed by atoms with Crippen LogP contribution in [0.2, 0.25) is 0 Å². The third kappa shape index (κ3) is 7.76. The van der Waals surface area contributed by atoms with Crippen molar-refractivity contribution in [3.05, 3.63) is 132 Å². The van der Waals surface area contributed by atoms with Gasteiger partial charge in [-0.15, -0.1) is 6.58 Å². The summed E-state index contributed by atoms with van der Waals surface area (Å²) in [5, 5.41) is 3.81. The molecule has 0 aliphatic heterocycles. The fraction of sp³-hybridized carbons (Fsp3) is 0.312. The van der Waals surface area contributed by atoms with E-state index < -0.39 is 0 Å². The van der Waals surface area contributed by atoms with Crippen LogP contribution in [0.4, 0.5) is 0 Å². The number of rotatable bonds is 13. The minimum absolute atomic E-state index is 0.0646. The summed E-state index contributed by atoms with van der Waals surface area (Å²) >= 11 is 0. The normalized spacial score (nSPS) is 18.1. The van der Waals surface area contributed by atoms with E-state index in [1.807, 2.05) is 18.2 Å². The Bertz CT molecular complexity index is 1000. The second kappa shape index (κ2) is 13.2. The third-order valence-electron chi connectivity index (χ3n) is 6.65. The second-order valence-electron chi connectivity index (χ2n) is 9.56. The standard InChI is InChI=1S/C32H37NO2/c1-2-3-19-30-20-32(25-34-23-28-15-9-5-10-16-28,26-35-24-29-17-11-6-12-18-29)21-31(30)33-22-27-13-7-4-8-14-27/h2,4-19,31,33H,1,3,20-26H2/b30-19+. The maximum Gasteiger partial charge on any atom is 0.0717 e. The molecule has 3 aromatic rings. The zero-order valence-electron chi connectivity index (χ0n) is 20.6. The topological polar surface area (TPSA) is 30.5 Å². The molecule has 3 heteroatoms. The zero-order chi connectivity index (χ0) is 24.2.